The number of fused-ring (bicyclic) bond motifs is 1. The summed E-state index contributed by atoms with van der Waals surface area (Å²) in [5, 5.41) is 11.5. The Morgan fingerprint density at radius 2 is 2.26 bits per heavy atom. The molecule has 1 unspecified atom stereocenters. The number of rotatable bonds is 6. The largest absolute Gasteiger partial charge is 0.496 e. The van der Waals surface area contributed by atoms with E-state index in [2.05, 4.69) is 57.8 Å². The Kier molecular flexibility index (Phi) is 6.32. The first-order valence-corrected chi connectivity index (χ1v) is 9.66. The Morgan fingerprint density at radius 1 is 1.41 bits per heavy atom. The summed E-state index contributed by atoms with van der Waals surface area (Å²) < 4.78 is 7.44. The van der Waals surface area contributed by atoms with Crippen LogP contribution in [-0.4, -0.2) is 47.5 Å². The summed E-state index contributed by atoms with van der Waals surface area (Å²) in [6.45, 7) is 5.79. The fraction of sp³-hybridized carbons (Fsp3) is 0.550. The van der Waals surface area contributed by atoms with E-state index in [4.69, 9.17) is 4.74 Å². The maximum atomic E-state index is 5.40. The molecular formula is C20H30N6O. The molecule has 1 atom stereocenters. The van der Waals surface area contributed by atoms with Crippen molar-refractivity contribution in [2.45, 2.75) is 52.1 Å². The number of aromatic nitrogens is 3. The van der Waals surface area contributed by atoms with Crippen LogP contribution in [0.4, 0.5) is 0 Å². The Balaban J connectivity index is 1.50. The molecule has 1 aliphatic heterocycles. The topological polar surface area (TPSA) is 76.4 Å². The lowest BCUT2D eigenvalue weighted by molar-refractivity contribution is 0.392. The van der Waals surface area contributed by atoms with E-state index in [0.717, 1.165) is 67.7 Å². The maximum absolute atomic E-state index is 5.40. The highest BCUT2D eigenvalue weighted by Gasteiger charge is 2.21. The highest BCUT2D eigenvalue weighted by atomic mass is 16.5. The quantitative estimate of drug-likeness (QED) is 0.600. The molecule has 0 saturated carbocycles. The van der Waals surface area contributed by atoms with Crippen LogP contribution in [0, 0.1) is 6.92 Å². The molecule has 7 heteroatoms. The fourth-order valence-electron chi connectivity index (χ4n) is 3.36. The summed E-state index contributed by atoms with van der Waals surface area (Å²) in [5.74, 6) is 3.80. The second-order valence-corrected chi connectivity index (χ2v) is 6.91. The van der Waals surface area contributed by atoms with Crippen molar-refractivity contribution in [1.29, 1.82) is 0 Å². The van der Waals surface area contributed by atoms with Crippen molar-refractivity contribution in [2.75, 3.05) is 20.7 Å². The van der Waals surface area contributed by atoms with Gasteiger partial charge in [0.1, 0.15) is 11.6 Å². The molecule has 0 bridgehead atoms. The van der Waals surface area contributed by atoms with Gasteiger partial charge < -0.3 is 15.4 Å². The lowest BCUT2D eigenvalue weighted by Gasteiger charge is -2.25. The van der Waals surface area contributed by atoms with Crippen molar-refractivity contribution in [1.82, 2.24) is 25.4 Å². The third kappa shape index (κ3) is 4.78. The van der Waals surface area contributed by atoms with Gasteiger partial charge in [0, 0.05) is 32.5 Å². The van der Waals surface area contributed by atoms with Crippen LogP contribution < -0.4 is 15.4 Å². The van der Waals surface area contributed by atoms with Gasteiger partial charge in [0.25, 0.3) is 0 Å². The number of benzene rings is 1. The van der Waals surface area contributed by atoms with Crippen LogP contribution in [0.3, 0.4) is 0 Å². The van der Waals surface area contributed by atoms with Gasteiger partial charge in [-0.15, -0.1) is 0 Å². The van der Waals surface area contributed by atoms with Crippen molar-refractivity contribution >= 4 is 5.96 Å². The highest BCUT2D eigenvalue weighted by molar-refractivity contribution is 5.79. The van der Waals surface area contributed by atoms with E-state index in [1.54, 1.807) is 7.11 Å². The van der Waals surface area contributed by atoms with Crippen molar-refractivity contribution in [3.8, 4) is 5.75 Å². The average molecular weight is 371 g/mol. The molecule has 2 aromatic rings. The molecule has 1 aromatic heterocycles. The Bertz CT molecular complexity index is 798. The molecule has 146 valence electrons. The Morgan fingerprint density at radius 3 is 3.00 bits per heavy atom. The van der Waals surface area contributed by atoms with Gasteiger partial charge in [0.05, 0.1) is 13.7 Å². The fourth-order valence-corrected chi connectivity index (χ4v) is 3.36. The number of nitrogens with zero attached hydrogens (tertiary/aromatic N) is 4. The van der Waals surface area contributed by atoms with E-state index in [1.807, 2.05) is 11.7 Å². The van der Waals surface area contributed by atoms with Crippen LogP contribution in [0.15, 0.2) is 23.2 Å². The molecule has 0 saturated heterocycles. The second kappa shape index (κ2) is 8.88. The second-order valence-electron chi connectivity index (χ2n) is 6.91. The van der Waals surface area contributed by atoms with Gasteiger partial charge in [-0.1, -0.05) is 19.1 Å². The van der Waals surface area contributed by atoms with Gasteiger partial charge in [-0.25, -0.2) is 9.67 Å². The SMILES string of the molecule is CCc1nc2n(n1)CC(NC(=NC)NCCc1ccc(C)c(OC)c1)CC2. The van der Waals surface area contributed by atoms with Crippen molar-refractivity contribution in [3.05, 3.63) is 41.0 Å². The zero-order valence-corrected chi connectivity index (χ0v) is 16.7. The van der Waals surface area contributed by atoms with Crippen LogP contribution in [0.25, 0.3) is 0 Å². The summed E-state index contributed by atoms with van der Waals surface area (Å²) in [7, 11) is 3.52. The number of hydrogen-bond acceptors (Lipinski definition) is 4. The van der Waals surface area contributed by atoms with E-state index in [9.17, 15) is 0 Å². The van der Waals surface area contributed by atoms with Gasteiger partial charge in [-0.05, 0) is 37.0 Å². The lowest BCUT2D eigenvalue weighted by atomic mass is 10.1. The summed E-state index contributed by atoms with van der Waals surface area (Å²) in [5.41, 5.74) is 2.40. The summed E-state index contributed by atoms with van der Waals surface area (Å²) in [6.07, 6.45) is 3.78. The summed E-state index contributed by atoms with van der Waals surface area (Å²) in [4.78, 5) is 8.94. The summed E-state index contributed by atoms with van der Waals surface area (Å²) >= 11 is 0. The molecule has 0 radical (unpaired) electrons. The molecule has 0 aliphatic carbocycles. The molecule has 27 heavy (non-hydrogen) atoms. The third-order valence-electron chi connectivity index (χ3n) is 4.96. The predicted molar refractivity (Wildman–Crippen MR) is 107 cm³/mol. The lowest BCUT2D eigenvalue weighted by Crippen LogP contribution is -2.47. The van der Waals surface area contributed by atoms with E-state index >= 15 is 0 Å². The molecule has 0 fully saturated rings. The first-order chi connectivity index (χ1) is 13.1. The zero-order chi connectivity index (χ0) is 19.2. The molecule has 2 heterocycles. The number of guanidine groups is 1. The maximum Gasteiger partial charge on any atom is 0.191 e. The molecule has 0 amide bonds. The van der Waals surface area contributed by atoms with Crippen LogP contribution in [0.1, 0.15) is 36.1 Å². The number of aliphatic imine (C=N–C) groups is 1. The van der Waals surface area contributed by atoms with E-state index in [1.165, 1.54) is 5.56 Å². The van der Waals surface area contributed by atoms with Crippen LogP contribution >= 0.6 is 0 Å². The molecule has 2 N–H and O–H groups in total. The minimum absolute atomic E-state index is 0.314. The zero-order valence-electron chi connectivity index (χ0n) is 16.7. The van der Waals surface area contributed by atoms with Crippen LogP contribution in [-0.2, 0) is 25.8 Å². The Labute approximate surface area is 161 Å². The van der Waals surface area contributed by atoms with Gasteiger partial charge in [-0.2, -0.15) is 5.10 Å². The predicted octanol–water partition coefficient (Wildman–Crippen LogP) is 1.88. The number of methoxy groups -OCH3 is 1. The number of hydrogen-bond donors (Lipinski definition) is 2. The standard InChI is InChI=1S/C20H30N6O/c1-5-18-24-19-9-8-16(13-26(19)25-18)23-20(21-3)22-11-10-15-7-6-14(2)17(12-15)27-4/h6-7,12,16H,5,8-11,13H2,1-4H3,(H2,21,22,23). The average Bonchev–Trinajstić information content (AvgIpc) is 3.11. The van der Waals surface area contributed by atoms with Gasteiger partial charge >= 0.3 is 0 Å². The normalized spacial score (nSPS) is 16.7. The minimum atomic E-state index is 0.314. The van der Waals surface area contributed by atoms with E-state index in [-0.39, 0.29) is 0 Å². The third-order valence-corrected chi connectivity index (χ3v) is 4.96. The minimum Gasteiger partial charge on any atom is -0.496 e. The first kappa shape index (κ1) is 19.2. The molecule has 0 spiro atoms. The van der Waals surface area contributed by atoms with Crippen molar-refractivity contribution in [2.24, 2.45) is 4.99 Å². The first-order valence-electron chi connectivity index (χ1n) is 9.66. The van der Waals surface area contributed by atoms with Crippen molar-refractivity contribution < 1.29 is 4.74 Å². The van der Waals surface area contributed by atoms with Gasteiger partial charge in [0.15, 0.2) is 11.8 Å². The Hall–Kier alpha value is -2.57. The van der Waals surface area contributed by atoms with Gasteiger partial charge in [0.2, 0.25) is 0 Å². The molecule has 7 nitrogen and oxygen atoms in total. The van der Waals surface area contributed by atoms with E-state index < -0.39 is 0 Å². The van der Waals surface area contributed by atoms with Gasteiger partial charge in [-0.3, -0.25) is 4.99 Å². The van der Waals surface area contributed by atoms with Crippen LogP contribution in [0.5, 0.6) is 5.75 Å². The molecule has 3 rings (SSSR count). The number of aryl methyl sites for hydroxylation is 3. The molecular weight excluding hydrogens is 340 g/mol. The number of ether oxygens (including phenoxy) is 1. The monoisotopic (exact) mass is 370 g/mol. The van der Waals surface area contributed by atoms with Crippen molar-refractivity contribution in [3.63, 3.8) is 0 Å². The van der Waals surface area contributed by atoms with E-state index in [0.29, 0.717) is 6.04 Å². The number of nitrogens with one attached hydrogen (secondary N) is 2. The smallest absolute Gasteiger partial charge is 0.191 e. The van der Waals surface area contributed by atoms with Crippen LogP contribution in [0.2, 0.25) is 0 Å². The highest BCUT2D eigenvalue weighted by Crippen LogP contribution is 2.19. The molecule has 1 aliphatic rings. The molecule has 1 aromatic carbocycles. The summed E-state index contributed by atoms with van der Waals surface area (Å²) in [6, 6.07) is 6.67.